The van der Waals surface area contributed by atoms with E-state index >= 15 is 0 Å². The third-order valence-corrected chi connectivity index (χ3v) is 3.11. The molecule has 1 N–H and O–H groups in total. The Morgan fingerprint density at radius 2 is 1.81 bits per heavy atom. The molecule has 2 aromatic rings. The predicted octanol–water partition coefficient (Wildman–Crippen LogP) is 3.71. The first-order valence-electron chi connectivity index (χ1n) is 6.76. The first kappa shape index (κ1) is 14.9. The van der Waals surface area contributed by atoms with Crippen molar-refractivity contribution in [1.29, 1.82) is 0 Å². The van der Waals surface area contributed by atoms with E-state index in [-0.39, 0.29) is 11.7 Å². The molecule has 0 spiro atoms. The Labute approximate surface area is 123 Å². The Bertz CT molecular complexity index is 648. The predicted molar refractivity (Wildman–Crippen MR) is 82.0 cm³/mol. The van der Waals surface area contributed by atoms with Crippen LogP contribution in [0.15, 0.2) is 53.6 Å². The van der Waals surface area contributed by atoms with Crippen LogP contribution in [0, 0.1) is 5.82 Å². The number of benzene rings is 2. The number of hydrogen-bond acceptors (Lipinski definition) is 2. The van der Waals surface area contributed by atoms with Gasteiger partial charge in [-0.3, -0.25) is 4.79 Å². The maximum absolute atomic E-state index is 13.4. The van der Waals surface area contributed by atoms with Crippen LogP contribution in [0.2, 0.25) is 0 Å². The normalized spacial score (nSPS) is 11.0. The second-order valence-corrected chi connectivity index (χ2v) is 5.00. The smallest absolute Gasteiger partial charge is 0.267 e. The standard InChI is InChI=1S/C17H17FN2O/c1-12(2)13-7-9-14(10-8-13)17(21)20-19-11-15-5-3-4-6-16(15)18/h3-12H,1-2H3,(H,20,21)/b19-11+. The quantitative estimate of drug-likeness (QED) is 0.675. The van der Waals surface area contributed by atoms with Crippen molar-refractivity contribution >= 4 is 12.1 Å². The van der Waals surface area contributed by atoms with Crippen molar-refractivity contribution < 1.29 is 9.18 Å². The van der Waals surface area contributed by atoms with E-state index in [0.717, 1.165) is 0 Å². The van der Waals surface area contributed by atoms with Crippen molar-refractivity contribution in [3.05, 3.63) is 71.0 Å². The molecule has 2 aromatic carbocycles. The van der Waals surface area contributed by atoms with Crippen molar-refractivity contribution in [2.24, 2.45) is 5.10 Å². The van der Waals surface area contributed by atoms with Crippen LogP contribution in [-0.2, 0) is 0 Å². The fourth-order valence-electron chi connectivity index (χ4n) is 1.82. The number of rotatable bonds is 4. The third kappa shape index (κ3) is 3.99. The van der Waals surface area contributed by atoms with Crippen LogP contribution in [0.1, 0.15) is 41.3 Å². The summed E-state index contributed by atoms with van der Waals surface area (Å²) in [5.41, 5.74) is 4.40. The summed E-state index contributed by atoms with van der Waals surface area (Å²) in [6.45, 7) is 4.18. The van der Waals surface area contributed by atoms with Crippen molar-refractivity contribution in [2.45, 2.75) is 19.8 Å². The van der Waals surface area contributed by atoms with Gasteiger partial charge in [-0.2, -0.15) is 5.10 Å². The highest BCUT2D eigenvalue weighted by atomic mass is 19.1. The molecular formula is C17H17FN2O. The number of nitrogens with zero attached hydrogens (tertiary/aromatic N) is 1. The molecule has 0 aliphatic heterocycles. The van der Waals surface area contributed by atoms with Gasteiger partial charge >= 0.3 is 0 Å². The highest BCUT2D eigenvalue weighted by Gasteiger charge is 2.05. The van der Waals surface area contributed by atoms with Crippen molar-refractivity contribution in [2.75, 3.05) is 0 Å². The van der Waals surface area contributed by atoms with E-state index in [2.05, 4.69) is 24.4 Å². The van der Waals surface area contributed by atoms with Gasteiger partial charge in [0.1, 0.15) is 5.82 Å². The number of amides is 1. The number of carbonyl (C=O) groups is 1. The Balaban J connectivity index is 2.00. The number of nitrogens with one attached hydrogen (secondary N) is 1. The molecule has 0 fully saturated rings. The van der Waals surface area contributed by atoms with Crippen molar-refractivity contribution in [3.63, 3.8) is 0 Å². The zero-order valence-corrected chi connectivity index (χ0v) is 12.0. The van der Waals surface area contributed by atoms with Crippen LogP contribution >= 0.6 is 0 Å². The molecule has 0 radical (unpaired) electrons. The third-order valence-electron chi connectivity index (χ3n) is 3.11. The van der Waals surface area contributed by atoms with Gasteiger partial charge in [-0.1, -0.05) is 44.2 Å². The molecule has 0 saturated carbocycles. The highest BCUT2D eigenvalue weighted by molar-refractivity contribution is 5.94. The molecule has 0 atom stereocenters. The van der Waals surface area contributed by atoms with Gasteiger partial charge in [0.05, 0.1) is 6.21 Å². The largest absolute Gasteiger partial charge is 0.271 e. The number of carbonyl (C=O) groups excluding carboxylic acids is 1. The first-order valence-corrected chi connectivity index (χ1v) is 6.76. The van der Waals surface area contributed by atoms with Gasteiger partial charge in [-0.15, -0.1) is 0 Å². The molecule has 0 saturated heterocycles. The van der Waals surface area contributed by atoms with E-state index in [9.17, 15) is 9.18 Å². The molecular weight excluding hydrogens is 267 g/mol. The molecule has 108 valence electrons. The second kappa shape index (κ2) is 6.79. The van der Waals surface area contributed by atoms with Gasteiger partial charge < -0.3 is 0 Å². The molecule has 0 bridgehead atoms. The maximum Gasteiger partial charge on any atom is 0.271 e. The molecule has 0 unspecified atom stereocenters. The minimum Gasteiger partial charge on any atom is -0.267 e. The van der Waals surface area contributed by atoms with E-state index in [1.54, 1.807) is 30.3 Å². The van der Waals surface area contributed by atoms with Crippen LogP contribution < -0.4 is 5.43 Å². The Kier molecular flexibility index (Phi) is 4.82. The van der Waals surface area contributed by atoms with Crippen LogP contribution in [0.5, 0.6) is 0 Å². The molecule has 0 aliphatic carbocycles. The summed E-state index contributed by atoms with van der Waals surface area (Å²) in [6, 6.07) is 13.6. The summed E-state index contributed by atoms with van der Waals surface area (Å²) in [5, 5.41) is 3.77. The fraction of sp³-hybridized carbons (Fsp3) is 0.176. The highest BCUT2D eigenvalue weighted by Crippen LogP contribution is 2.14. The maximum atomic E-state index is 13.4. The lowest BCUT2D eigenvalue weighted by atomic mass is 10.0. The summed E-state index contributed by atoms with van der Waals surface area (Å²) in [5.74, 6) is -0.282. The average molecular weight is 284 g/mol. The molecule has 3 nitrogen and oxygen atoms in total. The number of halogens is 1. The monoisotopic (exact) mass is 284 g/mol. The van der Waals surface area contributed by atoms with Crippen LogP contribution in [0.3, 0.4) is 0 Å². The number of hydrazone groups is 1. The SMILES string of the molecule is CC(C)c1ccc(C(=O)N/N=C/c2ccccc2F)cc1. The van der Waals surface area contributed by atoms with Gasteiger partial charge in [0, 0.05) is 11.1 Å². The molecule has 0 aromatic heterocycles. The summed E-state index contributed by atoms with van der Waals surface area (Å²) < 4.78 is 13.4. The molecule has 4 heteroatoms. The molecule has 2 rings (SSSR count). The summed E-state index contributed by atoms with van der Waals surface area (Å²) in [4.78, 5) is 11.9. The molecule has 1 amide bonds. The van der Waals surface area contributed by atoms with E-state index in [0.29, 0.717) is 17.0 Å². The minimum absolute atomic E-state index is 0.321. The van der Waals surface area contributed by atoms with E-state index in [1.807, 2.05) is 12.1 Å². The van der Waals surface area contributed by atoms with Crippen LogP contribution in [-0.4, -0.2) is 12.1 Å². The van der Waals surface area contributed by atoms with Gasteiger partial charge in [0.2, 0.25) is 0 Å². The average Bonchev–Trinajstić information content (AvgIpc) is 2.49. The van der Waals surface area contributed by atoms with Gasteiger partial charge in [-0.05, 0) is 29.7 Å². The Hall–Kier alpha value is -2.49. The zero-order valence-electron chi connectivity index (χ0n) is 12.0. The van der Waals surface area contributed by atoms with Gasteiger partial charge in [-0.25, -0.2) is 9.82 Å². The van der Waals surface area contributed by atoms with Gasteiger partial charge in [0.15, 0.2) is 0 Å². The fourth-order valence-corrected chi connectivity index (χ4v) is 1.82. The number of hydrogen-bond donors (Lipinski definition) is 1. The second-order valence-electron chi connectivity index (χ2n) is 5.00. The molecule has 21 heavy (non-hydrogen) atoms. The van der Waals surface area contributed by atoms with Crippen molar-refractivity contribution in [1.82, 2.24) is 5.43 Å². The van der Waals surface area contributed by atoms with E-state index < -0.39 is 0 Å². The summed E-state index contributed by atoms with van der Waals surface area (Å²) in [6.07, 6.45) is 1.29. The van der Waals surface area contributed by atoms with E-state index in [1.165, 1.54) is 17.8 Å². The topological polar surface area (TPSA) is 41.5 Å². The van der Waals surface area contributed by atoms with E-state index in [4.69, 9.17) is 0 Å². The lowest BCUT2D eigenvalue weighted by Gasteiger charge is -2.05. The lowest BCUT2D eigenvalue weighted by molar-refractivity contribution is 0.0955. The van der Waals surface area contributed by atoms with Crippen molar-refractivity contribution in [3.8, 4) is 0 Å². The Morgan fingerprint density at radius 3 is 2.43 bits per heavy atom. The summed E-state index contributed by atoms with van der Waals surface area (Å²) >= 11 is 0. The van der Waals surface area contributed by atoms with Gasteiger partial charge in [0.25, 0.3) is 5.91 Å². The lowest BCUT2D eigenvalue weighted by Crippen LogP contribution is -2.17. The molecule has 0 aliphatic rings. The van der Waals surface area contributed by atoms with Crippen LogP contribution in [0.25, 0.3) is 0 Å². The summed E-state index contributed by atoms with van der Waals surface area (Å²) in [7, 11) is 0. The van der Waals surface area contributed by atoms with Crippen LogP contribution in [0.4, 0.5) is 4.39 Å². The zero-order chi connectivity index (χ0) is 15.2. The first-order chi connectivity index (χ1) is 10.1. The molecule has 0 heterocycles. The minimum atomic E-state index is -0.378. The Morgan fingerprint density at radius 1 is 1.14 bits per heavy atom.